The lowest BCUT2D eigenvalue weighted by Crippen LogP contribution is -2.51. The highest BCUT2D eigenvalue weighted by Crippen LogP contribution is 2.34. The standard InChI is InChI=1S/C40H35ClF3N11O5/c1-3-29-33(52-13-15-53(16-14-52)36(57)32-34(22(2)46-21-47-32)59-20-23-7-5-4-6-8-23)37(58)55-39(50-35(51-55)24-9-11-28-30(17-24)60-38(45)49-28)54(29)19-31(56)48-27-12-10-25(18-26(27)41)40(42,43)44/h4-12,17-18,21H,3,13-16,19-20H2,1-2H3,(H2,45,49)(H,48,56). The number of alkyl halides is 3. The Bertz CT molecular complexity index is 2840. The van der Waals surface area contributed by atoms with Crippen molar-refractivity contribution >= 4 is 57.7 Å². The zero-order valence-electron chi connectivity index (χ0n) is 32.0. The predicted molar refractivity (Wildman–Crippen MR) is 215 cm³/mol. The van der Waals surface area contributed by atoms with Crippen molar-refractivity contribution in [3.8, 4) is 17.1 Å². The molecule has 0 bridgehead atoms. The fraction of sp³-hybridized carbons (Fsp3) is 0.250. The maximum Gasteiger partial charge on any atom is 0.416 e. The molecule has 0 radical (unpaired) electrons. The van der Waals surface area contributed by atoms with E-state index >= 15 is 0 Å². The van der Waals surface area contributed by atoms with Gasteiger partial charge in [0.15, 0.2) is 22.9 Å². The van der Waals surface area contributed by atoms with Crippen molar-refractivity contribution in [3.05, 3.63) is 117 Å². The predicted octanol–water partition coefficient (Wildman–Crippen LogP) is 5.79. The number of nitrogen functional groups attached to an aromatic ring is 1. The van der Waals surface area contributed by atoms with Gasteiger partial charge < -0.3 is 34.6 Å². The molecule has 2 amide bonds. The number of aryl methyl sites for hydroxylation is 1. The molecule has 0 saturated carbocycles. The first-order valence-corrected chi connectivity index (χ1v) is 19.0. The Morgan fingerprint density at radius 2 is 1.77 bits per heavy atom. The number of carbonyl (C=O) groups excluding carboxylic acids is 2. The fourth-order valence-electron chi connectivity index (χ4n) is 7.06. The lowest BCUT2D eigenvalue weighted by Gasteiger charge is -2.36. The highest BCUT2D eigenvalue weighted by molar-refractivity contribution is 6.33. The Morgan fingerprint density at radius 3 is 2.48 bits per heavy atom. The molecule has 0 unspecified atom stereocenters. The third-order valence-corrected chi connectivity index (χ3v) is 10.3. The molecular formula is C40H35ClF3N11O5. The Balaban J connectivity index is 1.12. The maximum atomic E-state index is 14.5. The van der Waals surface area contributed by atoms with Gasteiger partial charge in [-0.2, -0.15) is 27.7 Å². The van der Waals surface area contributed by atoms with Crippen LogP contribution >= 0.6 is 11.6 Å². The summed E-state index contributed by atoms with van der Waals surface area (Å²) in [5, 5.41) is 6.84. The number of carbonyl (C=O) groups is 2. The van der Waals surface area contributed by atoms with Crippen LogP contribution in [0.5, 0.6) is 5.75 Å². The highest BCUT2D eigenvalue weighted by atomic mass is 35.5. The Labute approximate surface area is 343 Å². The second kappa shape index (κ2) is 16.0. The van der Waals surface area contributed by atoms with Gasteiger partial charge in [-0.25, -0.2) is 9.97 Å². The van der Waals surface area contributed by atoms with Gasteiger partial charge in [-0.1, -0.05) is 48.9 Å². The summed E-state index contributed by atoms with van der Waals surface area (Å²) in [6, 6.07) is 17.0. The van der Waals surface area contributed by atoms with Gasteiger partial charge in [0.25, 0.3) is 17.5 Å². The van der Waals surface area contributed by atoms with Crippen molar-refractivity contribution < 1.29 is 31.9 Å². The van der Waals surface area contributed by atoms with Gasteiger partial charge in [0.1, 0.15) is 30.7 Å². The van der Waals surface area contributed by atoms with Gasteiger partial charge in [0.05, 0.1) is 27.7 Å². The van der Waals surface area contributed by atoms with E-state index in [9.17, 15) is 27.6 Å². The topological polar surface area (TPSA) is 192 Å². The molecule has 8 rings (SSSR count). The third kappa shape index (κ3) is 7.78. The van der Waals surface area contributed by atoms with Crippen molar-refractivity contribution in [2.24, 2.45) is 0 Å². The summed E-state index contributed by atoms with van der Waals surface area (Å²) in [6.07, 6.45) is -3.07. The number of nitrogens with one attached hydrogen (secondary N) is 1. The maximum absolute atomic E-state index is 14.5. The number of amides is 2. The van der Waals surface area contributed by atoms with Crippen LogP contribution in [0, 0.1) is 6.92 Å². The van der Waals surface area contributed by atoms with Crippen LogP contribution in [0.1, 0.15) is 39.9 Å². The van der Waals surface area contributed by atoms with Crippen LogP contribution in [-0.2, 0) is 30.5 Å². The number of fused-ring (bicyclic) bond motifs is 2. The minimum atomic E-state index is -4.64. The number of ether oxygens (including phenoxy) is 1. The molecule has 4 aromatic heterocycles. The quantitative estimate of drug-likeness (QED) is 0.169. The number of piperazine rings is 1. The van der Waals surface area contributed by atoms with Crippen molar-refractivity contribution in [2.75, 3.05) is 42.1 Å². The number of hydrogen-bond donors (Lipinski definition) is 2. The molecule has 5 heterocycles. The van der Waals surface area contributed by atoms with Crippen molar-refractivity contribution in [2.45, 2.75) is 39.6 Å². The van der Waals surface area contributed by atoms with E-state index in [1.54, 1.807) is 30.0 Å². The monoisotopic (exact) mass is 841 g/mol. The molecule has 1 saturated heterocycles. The summed E-state index contributed by atoms with van der Waals surface area (Å²) < 4.78 is 54.1. The molecule has 3 aromatic carbocycles. The van der Waals surface area contributed by atoms with E-state index in [2.05, 4.69) is 30.4 Å². The number of halogens is 4. The van der Waals surface area contributed by atoms with Crippen LogP contribution in [-0.4, -0.2) is 77.0 Å². The van der Waals surface area contributed by atoms with E-state index in [4.69, 9.17) is 26.5 Å². The van der Waals surface area contributed by atoms with Gasteiger partial charge in [-0.05, 0) is 55.3 Å². The van der Waals surface area contributed by atoms with E-state index in [-0.39, 0.29) is 90.6 Å². The van der Waals surface area contributed by atoms with Crippen molar-refractivity contribution in [3.63, 3.8) is 0 Å². The van der Waals surface area contributed by atoms with Crippen LogP contribution in [0.25, 0.3) is 28.3 Å². The lowest BCUT2D eigenvalue weighted by molar-refractivity contribution is -0.137. The average Bonchev–Trinajstić information content (AvgIpc) is 3.85. The summed E-state index contributed by atoms with van der Waals surface area (Å²) in [4.78, 5) is 62.9. The van der Waals surface area contributed by atoms with Crippen LogP contribution in [0.15, 0.2) is 82.3 Å². The molecule has 3 N–H and O–H groups in total. The van der Waals surface area contributed by atoms with Gasteiger partial charge >= 0.3 is 6.18 Å². The normalized spacial score (nSPS) is 13.3. The number of oxazole rings is 1. The summed E-state index contributed by atoms with van der Waals surface area (Å²) in [6.45, 7) is 4.19. The molecule has 308 valence electrons. The molecule has 1 aliphatic rings. The third-order valence-electron chi connectivity index (χ3n) is 9.99. The van der Waals surface area contributed by atoms with E-state index in [1.807, 2.05) is 42.2 Å². The average molecular weight is 842 g/mol. The molecule has 0 aliphatic carbocycles. The first-order valence-electron chi connectivity index (χ1n) is 18.7. The smallest absolute Gasteiger partial charge is 0.416 e. The molecular weight excluding hydrogens is 807 g/mol. The molecule has 1 aliphatic heterocycles. The number of aromatic nitrogens is 7. The second-order valence-corrected chi connectivity index (χ2v) is 14.3. The number of anilines is 3. The van der Waals surface area contributed by atoms with Gasteiger partial charge in [-0.15, -0.1) is 5.10 Å². The van der Waals surface area contributed by atoms with Gasteiger partial charge in [0, 0.05) is 31.7 Å². The molecule has 0 atom stereocenters. The zero-order valence-corrected chi connectivity index (χ0v) is 32.8. The lowest BCUT2D eigenvalue weighted by atomic mass is 10.2. The number of rotatable bonds is 10. The Morgan fingerprint density at radius 1 is 1.00 bits per heavy atom. The van der Waals surface area contributed by atoms with E-state index in [0.717, 1.165) is 28.3 Å². The van der Waals surface area contributed by atoms with Crippen LogP contribution in [0.3, 0.4) is 0 Å². The fourth-order valence-corrected chi connectivity index (χ4v) is 7.29. The van der Waals surface area contributed by atoms with Crippen LogP contribution < -0.4 is 26.2 Å². The molecule has 20 heteroatoms. The number of benzene rings is 3. The molecule has 1 fully saturated rings. The van der Waals surface area contributed by atoms with Gasteiger partial charge in [0.2, 0.25) is 11.7 Å². The summed E-state index contributed by atoms with van der Waals surface area (Å²) in [5.41, 5.74) is 7.73. The molecule has 0 spiro atoms. The zero-order chi connectivity index (χ0) is 42.3. The van der Waals surface area contributed by atoms with E-state index in [1.165, 1.54) is 10.9 Å². The van der Waals surface area contributed by atoms with Crippen LogP contribution in [0.4, 0.5) is 30.6 Å². The van der Waals surface area contributed by atoms with Crippen molar-refractivity contribution in [1.29, 1.82) is 0 Å². The van der Waals surface area contributed by atoms with Crippen molar-refractivity contribution in [1.82, 2.24) is 39.0 Å². The summed E-state index contributed by atoms with van der Waals surface area (Å²) >= 11 is 6.17. The van der Waals surface area contributed by atoms with Gasteiger partial charge in [-0.3, -0.25) is 14.4 Å². The second-order valence-electron chi connectivity index (χ2n) is 13.9. The Kier molecular flexibility index (Phi) is 10.6. The summed E-state index contributed by atoms with van der Waals surface area (Å²) in [7, 11) is 0. The molecule has 60 heavy (non-hydrogen) atoms. The SMILES string of the molecule is CCc1c(N2CCN(C(=O)c3ncnc(C)c3OCc3ccccc3)CC2)c(=O)n2nc(-c3ccc4nc(N)oc4c3)nc2n1CC(=O)Nc1ccc(C(F)(F)F)cc1Cl. The molecule has 7 aromatic rings. The Hall–Kier alpha value is -7.02. The minimum Gasteiger partial charge on any atom is -0.485 e. The number of nitrogens with zero attached hydrogens (tertiary/aromatic N) is 9. The van der Waals surface area contributed by atoms with E-state index < -0.39 is 29.8 Å². The number of hydrogen-bond acceptors (Lipinski definition) is 12. The van der Waals surface area contributed by atoms with E-state index in [0.29, 0.717) is 28.1 Å². The highest BCUT2D eigenvalue weighted by Gasteiger charge is 2.33. The summed E-state index contributed by atoms with van der Waals surface area (Å²) in [5.74, 6) is -0.593. The molecule has 16 nitrogen and oxygen atoms in total. The first kappa shape index (κ1) is 39.8. The minimum absolute atomic E-state index is 0.0254. The number of nitrogens with two attached hydrogens (primary N) is 1. The largest absolute Gasteiger partial charge is 0.485 e. The first-order chi connectivity index (χ1) is 28.8. The van der Waals surface area contributed by atoms with Crippen LogP contribution in [0.2, 0.25) is 5.02 Å².